The van der Waals surface area contributed by atoms with Gasteiger partial charge in [0.05, 0.1) is 10.5 Å². The molecule has 0 saturated carbocycles. The van der Waals surface area contributed by atoms with Crippen LogP contribution in [0.1, 0.15) is 21.5 Å². The van der Waals surface area contributed by atoms with Crippen LogP contribution >= 0.6 is 0 Å². The Morgan fingerprint density at radius 1 is 1.17 bits per heavy atom. The van der Waals surface area contributed by atoms with Crippen molar-refractivity contribution in [3.63, 3.8) is 0 Å². The van der Waals surface area contributed by atoms with Gasteiger partial charge < -0.3 is 5.11 Å². The van der Waals surface area contributed by atoms with E-state index >= 15 is 0 Å². The molecule has 122 valence electrons. The van der Waals surface area contributed by atoms with Gasteiger partial charge in [0.1, 0.15) is 0 Å². The number of aryl methyl sites for hydroxylation is 1. The van der Waals surface area contributed by atoms with E-state index < -0.39 is 16.0 Å². The minimum Gasteiger partial charge on any atom is -0.478 e. The first-order chi connectivity index (χ1) is 10.8. The molecule has 0 bridgehead atoms. The third kappa shape index (κ3) is 6.06. The highest BCUT2D eigenvalue weighted by Crippen LogP contribution is 2.09. The highest BCUT2D eigenvalue weighted by Gasteiger charge is 2.06. The number of benzene rings is 2. The van der Waals surface area contributed by atoms with Crippen LogP contribution in [0.3, 0.4) is 0 Å². The second-order valence-electron chi connectivity index (χ2n) is 4.81. The molecule has 0 amide bonds. The van der Waals surface area contributed by atoms with Crippen molar-refractivity contribution < 1.29 is 18.3 Å². The van der Waals surface area contributed by atoms with Crippen molar-refractivity contribution in [1.82, 2.24) is 0 Å². The molecular weight excluding hydrogens is 314 g/mol. The number of sulfonamides is 1. The average molecular weight is 333 g/mol. The monoisotopic (exact) mass is 333 g/mol. The van der Waals surface area contributed by atoms with E-state index in [0.29, 0.717) is 12.0 Å². The van der Waals surface area contributed by atoms with E-state index in [1.807, 2.05) is 13.0 Å². The topological polar surface area (TPSA) is 97.5 Å². The largest absolute Gasteiger partial charge is 0.478 e. The maximum Gasteiger partial charge on any atom is 0.335 e. The summed E-state index contributed by atoms with van der Waals surface area (Å²) in [5, 5.41) is 13.6. The first-order valence-electron chi connectivity index (χ1n) is 6.77. The zero-order valence-electron chi connectivity index (χ0n) is 12.8. The van der Waals surface area contributed by atoms with Crippen molar-refractivity contribution in [3.8, 4) is 0 Å². The normalized spacial score (nSPS) is 10.3. The maximum atomic E-state index is 10.7. The van der Waals surface area contributed by atoms with Crippen LogP contribution in [0.15, 0.2) is 66.1 Å². The molecule has 0 saturated heterocycles. The van der Waals surface area contributed by atoms with Gasteiger partial charge in [-0.3, -0.25) is 0 Å². The van der Waals surface area contributed by atoms with Crippen LogP contribution in [-0.2, 0) is 16.4 Å². The van der Waals surface area contributed by atoms with Crippen molar-refractivity contribution in [2.24, 2.45) is 5.14 Å². The molecule has 2 rings (SSSR count). The first kappa shape index (κ1) is 18.6. The van der Waals surface area contributed by atoms with Crippen LogP contribution in [-0.4, -0.2) is 19.5 Å². The zero-order chi connectivity index (χ0) is 17.5. The molecule has 2 aromatic rings. The van der Waals surface area contributed by atoms with Crippen LogP contribution in [0.2, 0.25) is 0 Å². The second kappa shape index (κ2) is 8.26. The van der Waals surface area contributed by atoms with Crippen LogP contribution in [0, 0.1) is 6.92 Å². The molecule has 0 radical (unpaired) electrons. The van der Waals surface area contributed by atoms with E-state index in [1.165, 1.54) is 12.1 Å². The molecule has 5 nitrogen and oxygen atoms in total. The fraction of sp³-hybridized carbons (Fsp3) is 0.118. The third-order valence-corrected chi connectivity index (χ3v) is 3.89. The first-order valence-corrected chi connectivity index (χ1v) is 8.32. The highest BCUT2D eigenvalue weighted by molar-refractivity contribution is 7.89. The minimum atomic E-state index is -3.52. The quantitative estimate of drug-likeness (QED) is 0.841. The van der Waals surface area contributed by atoms with Gasteiger partial charge in [0.15, 0.2) is 0 Å². The number of allylic oxidation sites excluding steroid dienone is 1. The van der Waals surface area contributed by atoms with Gasteiger partial charge in [-0.1, -0.05) is 42.0 Å². The maximum absolute atomic E-state index is 10.7. The van der Waals surface area contributed by atoms with Crippen LogP contribution < -0.4 is 5.14 Å². The Hall–Kier alpha value is -2.44. The molecule has 0 unspecified atom stereocenters. The number of carboxylic acids is 1. The van der Waals surface area contributed by atoms with E-state index in [1.54, 1.807) is 36.4 Å². The summed E-state index contributed by atoms with van der Waals surface area (Å²) >= 11 is 0. The number of aromatic carboxylic acids is 1. The van der Waals surface area contributed by atoms with Crippen LogP contribution in [0.25, 0.3) is 0 Å². The predicted molar refractivity (Wildman–Crippen MR) is 89.9 cm³/mol. The Balaban J connectivity index is 0.000000231. The number of nitrogens with two attached hydrogens (primary N) is 1. The van der Waals surface area contributed by atoms with Gasteiger partial charge in [0, 0.05) is 0 Å². The number of primary sulfonamides is 1. The predicted octanol–water partition coefficient (Wildman–Crippen LogP) is 2.76. The van der Waals surface area contributed by atoms with Gasteiger partial charge in [0.2, 0.25) is 10.0 Å². The lowest BCUT2D eigenvalue weighted by atomic mass is 10.1. The van der Waals surface area contributed by atoms with Gasteiger partial charge in [-0.05, 0) is 37.1 Å². The zero-order valence-corrected chi connectivity index (χ0v) is 13.6. The van der Waals surface area contributed by atoms with Crippen molar-refractivity contribution >= 4 is 16.0 Å². The fourth-order valence-corrected chi connectivity index (χ4v) is 2.31. The van der Waals surface area contributed by atoms with Crippen molar-refractivity contribution in [1.29, 1.82) is 0 Å². The minimum absolute atomic E-state index is 0.156. The highest BCUT2D eigenvalue weighted by atomic mass is 32.2. The summed E-state index contributed by atoms with van der Waals surface area (Å²) in [6, 6.07) is 13.3. The lowest BCUT2D eigenvalue weighted by Gasteiger charge is -2.00. The SMILES string of the molecule is C=CCc1ccccc1C(=O)O.Cc1ccc(S(N)(=O)=O)cc1. The van der Waals surface area contributed by atoms with Gasteiger partial charge in [-0.25, -0.2) is 18.4 Å². The molecule has 2 aromatic carbocycles. The molecule has 0 aliphatic heterocycles. The lowest BCUT2D eigenvalue weighted by molar-refractivity contribution is 0.0696. The molecule has 0 aliphatic carbocycles. The summed E-state index contributed by atoms with van der Waals surface area (Å²) < 4.78 is 21.4. The van der Waals surface area contributed by atoms with Crippen molar-refractivity contribution in [2.75, 3.05) is 0 Å². The standard InChI is InChI=1S/C10H10O2.C7H9NO2S/c1-2-5-8-6-3-4-7-9(8)10(11)12;1-6-2-4-7(5-3-6)11(8,9)10/h2-4,6-7H,1,5H2,(H,11,12);2-5H,1H3,(H2,8,9,10). The number of carboxylic acid groups (broad SMARTS) is 1. The molecular formula is C17H19NO4S. The van der Waals surface area contributed by atoms with Crippen LogP contribution in [0.4, 0.5) is 0 Å². The molecule has 0 fully saturated rings. The Kier molecular flexibility index (Phi) is 6.68. The van der Waals surface area contributed by atoms with Gasteiger partial charge in [-0.15, -0.1) is 6.58 Å². The summed E-state index contributed by atoms with van der Waals surface area (Å²) in [4.78, 5) is 10.8. The third-order valence-electron chi connectivity index (χ3n) is 2.96. The second-order valence-corrected chi connectivity index (χ2v) is 6.37. The van der Waals surface area contributed by atoms with Crippen molar-refractivity contribution in [3.05, 3.63) is 77.9 Å². The Morgan fingerprint density at radius 2 is 1.74 bits per heavy atom. The molecule has 6 heteroatoms. The molecule has 0 heterocycles. The Morgan fingerprint density at radius 3 is 2.22 bits per heavy atom. The lowest BCUT2D eigenvalue weighted by Crippen LogP contribution is -2.11. The Bertz CT molecular complexity index is 780. The summed E-state index contributed by atoms with van der Waals surface area (Å²) in [7, 11) is -3.52. The number of hydrogen-bond acceptors (Lipinski definition) is 3. The molecule has 3 N–H and O–H groups in total. The van der Waals surface area contributed by atoms with E-state index in [9.17, 15) is 13.2 Å². The van der Waals surface area contributed by atoms with E-state index in [-0.39, 0.29) is 4.90 Å². The van der Waals surface area contributed by atoms with Crippen molar-refractivity contribution in [2.45, 2.75) is 18.2 Å². The fourth-order valence-electron chi connectivity index (χ4n) is 1.79. The number of rotatable bonds is 4. The molecule has 0 spiro atoms. The van der Waals surface area contributed by atoms with Gasteiger partial charge >= 0.3 is 5.97 Å². The summed E-state index contributed by atoms with van der Waals surface area (Å²) in [6.45, 7) is 5.45. The average Bonchev–Trinajstić information content (AvgIpc) is 2.48. The summed E-state index contributed by atoms with van der Waals surface area (Å²) in [5.41, 5.74) is 2.18. The molecule has 0 aliphatic rings. The van der Waals surface area contributed by atoms with Gasteiger partial charge in [0.25, 0.3) is 0 Å². The molecule has 0 aromatic heterocycles. The van der Waals surface area contributed by atoms with Crippen LogP contribution in [0.5, 0.6) is 0 Å². The molecule has 23 heavy (non-hydrogen) atoms. The van der Waals surface area contributed by atoms with Gasteiger partial charge in [-0.2, -0.15) is 0 Å². The van der Waals surface area contributed by atoms with E-state index in [0.717, 1.165) is 11.1 Å². The summed E-state index contributed by atoms with van der Waals surface area (Å²) in [6.07, 6.45) is 2.30. The number of hydrogen-bond donors (Lipinski definition) is 2. The Labute approximate surface area is 136 Å². The van der Waals surface area contributed by atoms with E-state index in [4.69, 9.17) is 10.2 Å². The smallest absolute Gasteiger partial charge is 0.335 e. The molecule has 0 atom stereocenters. The van der Waals surface area contributed by atoms with E-state index in [2.05, 4.69) is 6.58 Å². The number of carbonyl (C=O) groups is 1. The summed E-state index contributed by atoms with van der Waals surface area (Å²) in [5.74, 6) is -0.882.